The molecule has 2 atom stereocenters. The first-order valence-electron chi connectivity index (χ1n) is 10.7. The number of imidazole rings is 2. The minimum absolute atomic E-state index is 0.109. The van der Waals surface area contributed by atoms with Gasteiger partial charge in [-0.2, -0.15) is 0 Å². The van der Waals surface area contributed by atoms with Crippen molar-refractivity contribution in [2.45, 2.75) is 19.1 Å². The predicted octanol–water partition coefficient (Wildman–Crippen LogP) is 3.68. The number of nitrogens with one attached hydrogen (secondary N) is 2. The van der Waals surface area contributed by atoms with Gasteiger partial charge in [0.1, 0.15) is 35.7 Å². The van der Waals surface area contributed by atoms with Gasteiger partial charge in [0.25, 0.3) is 0 Å². The fourth-order valence-electron chi connectivity index (χ4n) is 3.80. The normalized spacial score (nSPS) is 13.1. The second kappa shape index (κ2) is 10.6. The van der Waals surface area contributed by atoms with E-state index in [1.165, 1.54) is 19.4 Å². The van der Waals surface area contributed by atoms with E-state index in [0.29, 0.717) is 28.4 Å². The molecular weight excluding hydrogens is 570 g/mol. The molecule has 184 valence electrons. The Morgan fingerprint density at radius 2 is 1.94 bits per heavy atom. The fraction of sp³-hybridized carbons (Fsp3) is 0.250. The summed E-state index contributed by atoms with van der Waals surface area (Å²) in [7, 11) is 1.49. The first kappa shape index (κ1) is 24.9. The molecule has 0 spiro atoms. The number of aromatic hydroxyl groups is 1. The molecule has 2 aromatic carbocycles. The summed E-state index contributed by atoms with van der Waals surface area (Å²) in [5.41, 5.74) is 0.976. The molecule has 11 heteroatoms. The van der Waals surface area contributed by atoms with Crippen LogP contribution in [0.15, 0.2) is 53.5 Å². The topological polar surface area (TPSA) is 125 Å². The van der Waals surface area contributed by atoms with Crippen molar-refractivity contribution in [3.05, 3.63) is 74.4 Å². The maximum atomic E-state index is 14.5. The van der Waals surface area contributed by atoms with Crippen molar-refractivity contribution in [3.8, 4) is 34.1 Å². The van der Waals surface area contributed by atoms with E-state index in [1.54, 1.807) is 43.3 Å². The molecule has 0 unspecified atom stereocenters. The van der Waals surface area contributed by atoms with E-state index in [4.69, 9.17) is 14.6 Å². The summed E-state index contributed by atoms with van der Waals surface area (Å²) in [6.07, 6.45) is 0.911. The molecule has 0 radical (unpaired) electrons. The molecule has 35 heavy (non-hydrogen) atoms. The Hall–Kier alpha value is -3.16. The number of aliphatic hydroxyl groups is 1. The lowest BCUT2D eigenvalue weighted by Gasteiger charge is -2.22. The van der Waals surface area contributed by atoms with Crippen LogP contribution in [0.25, 0.3) is 22.5 Å². The average molecular weight is 594 g/mol. The van der Waals surface area contributed by atoms with Gasteiger partial charge in [-0.25, -0.2) is 18.7 Å². The molecule has 4 N–H and O–H groups in total. The van der Waals surface area contributed by atoms with Crippen molar-refractivity contribution in [1.82, 2.24) is 19.5 Å². The first-order chi connectivity index (χ1) is 16.8. The molecule has 0 aliphatic carbocycles. The highest BCUT2D eigenvalue weighted by Crippen LogP contribution is 2.33. The SMILES string of the molecule is CO[C@H](C)[C@@H](c1ncc(-c2ccc(I)cc2F)[nH]1)n1c(O)c(-c2ccc(OCCO)cc2)[nH]c1=O. The molecule has 0 saturated heterocycles. The van der Waals surface area contributed by atoms with Gasteiger partial charge in [-0.05, 0) is 72.0 Å². The Kier molecular flexibility index (Phi) is 7.57. The van der Waals surface area contributed by atoms with E-state index < -0.39 is 23.7 Å². The second-order valence-electron chi connectivity index (χ2n) is 7.79. The number of aromatic amines is 2. The van der Waals surface area contributed by atoms with Gasteiger partial charge in [0.15, 0.2) is 0 Å². The van der Waals surface area contributed by atoms with Gasteiger partial charge in [-0.3, -0.25) is 0 Å². The van der Waals surface area contributed by atoms with Crippen molar-refractivity contribution in [3.63, 3.8) is 0 Å². The molecule has 0 fully saturated rings. The molecule has 0 bridgehead atoms. The highest BCUT2D eigenvalue weighted by atomic mass is 127. The van der Waals surface area contributed by atoms with Crippen LogP contribution in [0, 0.1) is 9.39 Å². The Labute approximate surface area is 213 Å². The smallest absolute Gasteiger partial charge is 0.329 e. The van der Waals surface area contributed by atoms with Crippen LogP contribution in [0.1, 0.15) is 18.8 Å². The number of hydrogen-bond acceptors (Lipinski definition) is 6. The summed E-state index contributed by atoms with van der Waals surface area (Å²) >= 11 is 2.03. The van der Waals surface area contributed by atoms with Crippen LogP contribution in [-0.4, -0.2) is 56.2 Å². The van der Waals surface area contributed by atoms with Crippen LogP contribution in [0.4, 0.5) is 4.39 Å². The number of rotatable bonds is 9. The van der Waals surface area contributed by atoms with Crippen molar-refractivity contribution in [2.24, 2.45) is 0 Å². The van der Waals surface area contributed by atoms with E-state index >= 15 is 0 Å². The van der Waals surface area contributed by atoms with Crippen LogP contribution in [0.3, 0.4) is 0 Å². The number of hydrogen-bond donors (Lipinski definition) is 4. The maximum Gasteiger partial charge on any atom is 0.329 e. The highest BCUT2D eigenvalue weighted by Gasteiger charge is 2.30. The summed E-state index contributed by atoms with van der Waals surface area (Å²) in [6, 6.07) is 10.7. The largest absolute Gasteiger partial charge is 0.493 e. The van der Waals surface area contributed by atoms with E-state index in [9.17, 15) is 14.3 Å². The molecule has 0 aliphatic rings. The summed E-state index contributed by atoms with van der Waals surface area (Å²) < 4.78 is 27.3. The molecular formula is C24H24FIN4O5. The molecule has 0 aliphatic heterocycles. The zero-order valence-electron chi connectivity index (χ0n) is 19.0. The number of benzene rings is 2. The summed E-state index contributed by atoms with van der Waals surface area (Å²) in [5.74, 6) is 0.161. The lowest BCUT2D eigenvalue weighted by molar-refractivity contribution is 0.0785. The second-order valence-corrected chi connectivity index (χ2v) is 9.03. The molecule has 2 aromatic heterocycles. The highest BCUT2D eigenvalue weighted by molar-refractivity contribution is 14.1. The molecule has 4 rings (SSSR count). The third kappa shape index (κ3) is 5.11. The van der Waals surface area contributed by atoms with Crippen LogP contribution in [0.5, 0.6) is 11.6 Å². The number of halogens is 2. The molecule has 0 amide bonds. The third-order valence-corrected chi connectivity index (χ3v) is 6.27. The minimum Gasteiger partial charge on any atom is -0.493 e. The Morgan fingerprint density at radius 1 is 1.20 bits per heavy atom. The van der Waals surface area contributed by atoms with Gasteiger partial charge in [0, 0.05) is 21.8 Å². The standard InChI is InChI=1S/C24H24FIN4O5/c1-13(34-2)21(22-27-12-19(28-22)17-8-5-15(26)11-18(17)25)30-23(32)20(29-24(30)33)14-3-6-16(7-4-14)35-10-9-31/h3-8,11-13,21,31-32H,9-10H2,1-2H3,(H,27,28)(H,29,33)/t13-,21+/m1/s1. The monoisotopic (exact) mass is 594 g/mol. The van der Waals surface area contributed by atoms with Gasteiger partial charge in [-0.15, -0.1) is 0 Å². The van der Waals surface area contributed by atoms with Gasteiger partial charge in [-0.1, -0.05) is 0 Å². The van der Waals surface area contributed by atoms with Crippen LogP contribution >= 0.6 is 22.6 Å². The third-order valence-electron chi connectivity index (χ3n) is 5.60. The van der Waals surface area contributed by atoms with Crippen molar-refractivity contribution < 1.29 is 24.1 Å². The Bertz CT molecular complexity index is 1370. The number of aromatic nitrogens is 4. The number of nitrogens with zero attached hydrogens (tertiary/aromatic N) is 2. The van der Waals surface area contributed by atoms with Gasteiger partial charge < -0.3 is 29.7 Å². The van der Waals surface area contributed by atoms with E-state index in [2.05, 4.69) is 15.0 Å². The minimum atomic E-state index is -0.828. The zero-order valence-corrected chi connectivity index (χ0v) is 21.1. The van der Waals surface area contributed by atoms with Crippen molar-refractivity contribution in [1.29, 1.82) is 0 Å². The summed E-state index contributed by atoms with van der Waals surface area (Å²) in [6.45, 7) is 1.79. The number of ether oxygens (including phenoxy) is 2. The molecule has 9 nitrogen and oxygen atoms in total. The number of methoxy groups -OCH3 is 1. The quantitative estimate of drug-likeness (QED) is 0.219. The van der Waals surface area contributed by atoms with Crippen LogP contribution < -0.4 is 10.4 Å². The van der Waals surface area contributed by atoms with Crippen LogP contribution in [0.2, 0.25) is 0 Å². The number of H-pyrrole nitrogens is 2. The summed E-state index contributed by atoms with van der Waals surface area (Å²) in [4.78, 5) is 23.1. The van der Waals surface area contributed by atoms with E-state index in [-0.39, 0.29) is 24.8 Å². The first-order valence-corrected chi connectivity index (χ1v) is 11.8. The molecule has 4 aromatic rings. The fourth-order valence-corrected chi connectivity index (χ4v) is 4.25. The van der Waals surface area contributed by atoms with Crippen molar-refractivity contribution >= 4 is 22.6 Å². The number of aliphatic hydroxyl groups excluding tert-OH is 1. The molecule has 0 saturated carbocycles. The van der Waals surface area contributed by atoms with E-state index in [0.717, 1.165) is 8.14 Å². The van der Waals surface area contributed by atoms with Crippen molar-refractivity contribution in [2.75, 3.05) is 20.3 Å². The lowest BCUT2D eigenvalue weighted by Crippen LogP contribution is -2.32. The Morgan fingerprint density at radius 3 is 2.60 bits per heavy atom. The Balaban J connectivity index is 1.73. The predicted molar refractivity (Wildman–Crippen MR) is 136 cm³/mol. The lowest BCUT2D eigenvalue weighted by atomic mass is 10.1. The molecule has 2 heterocycles. The van der Waals surface area contributed by atoms with Gasteiger partial charge >= 0.3 is 5.69 Å². The average Bonchev–Trinajstić information content (AvgIpc) is 3.43. The van der Waals surface area contributed by atoms with Gasteiger partial charge in [0.2, 0.25) is 5.88 Å². The zero-order chi connectivity index (χ0) is 25.1. The van der Waals surface area contributed by atoms with E-state index in [1.807, 2.05) is 22.6 Å². The van der Waals surface area contributed by atoms with Gasteiger partial charge in [0.05, 0.1) is 24.6 Å². The maximum absolute atomic E-state index is 14.5. The summed E-state index contributed by atoms with van der Waals surface area (Å²) in [5, 5.41) is 20.0. The van der Waals surface area contributed by atoms with Crippen LogP contribution in [-0.2, 0) is 4.74 Å².